The Bertz CT molecular complexity index is 144. The molecule has 1 saturated carbocycles. The fourth-order valence-electron chi connectivity index (χ4n) is 2.97. The van der Waals surface area contributed by atoms with Crippen LogP contribution < -0.4 is 0 Å². The Morgan fingerprint density at radius 1 is 1.18 bits per heavy atom. The summed E-state index contributed by atoms with van der Waals surface area (Å²) in [6.45, 7) is 5.13. The summed E-state index contributed by atoms with van der Waals surface area (Å²) in [7, 11) is 2.26. The highest BCUT2D eigenvalue weighted by Gasteiger charge is 2.34. The van der Waals surface area contributed by atoms with Gasteiger partial charge in [0, 0.05) is 6.54 Å². The van der Waals surface area contributed by atoms with E-state index in [0.717, 1.165) is 17.8 Å². The highest BCUT2D eigenvalue weighted by molar-refractivity contribution is 4.86. The lowest BCUT2D eigenvalue weighted by Crippen LogP contribution is -2.35. The molecule has 1 heteroatoms. The molecular weight excluding hydrogens is 134 g/mol. The van der Waals surface area contributed by atoms with Gasteiger partial charge in [-0.25, -0.2) is 0 Å². The van der Waals surface area contributed by atoms with Crippen LogP contribution in [0.3, 0.4) is 0 Å². The van der Waals surface area contributed by atoms with Crippen LogP contribution >= 0.6 is 0 Å². The molecule has 64 valence electrons. The molecule has 1 aliphatic carbocycles. The van der Waals surface area contributed by atoms with Gasteiger partial charge in [0.05, 0.1) is 0 Å². The van der Waals surface area contributed by atoms with Gasteiger partial charge < -0.3 is 4.90 Å². The summed E-state index contributed by atoms with van der Waals surface area (Å²) in [5.41, 5.74) is 0. The van der Waals surface area contributed by atoms with Gasteiger partial charge in [0.15, 0.2) is 0 Å². The lowest BCUT2D eigenvalue weighted by atomic mass is 9.89. The Hall–Kier alpha value is -0.0400. The van der Waals surface area contributed by atoms with Crippen LogP contribution in [0.1, 0.15) is 26.2 Å². The van der Waals surface area contributed by atoms with Gasteiger partial charge in [0.2, 0.25) is 0 Å². The summed E-state index contributed by atoms with van der Waals surface area (Å²) < 4.78 is 0. The lowest BCUT2D eigenvalue weighted by molar-refractivity contribution is 0.166. The van der Waals surface area contributed by atoms with E-state index >= 15 is 0 Å². The third-order valence-corrected chi connectivity index (χ3v) is 3.50. The molecule has 0 spiro atoms. The molecule has 0 amide bonds. The van der Waals surface area contributed by atoms with Gasteiger partial charge in [-0.2, -0.15) is 0 Å². The van der Waals surface area contributed by atoms with Crippen LogP contribution in [0.5, 0.6) is 0 Å². The zero-order valence-electron chi connectivity index (χ0n) is 7.71. The summed E-state index contributed by atoms with van der Waals surface area (Å²) in [6.07, 6.45) is 4.47. The Morgan fingerprint density at radius 3 is 2.73 bits per heavy atom. The summed E-state index contributed by atoms with van der Waals surface area (Å²) in [4.78, 5) is 2.50. The van der Waals surface area contributed by atoms with E-state index in [1.807, 2.05) is 0 Å². The Morgan fingerprint density at radius 2 is 1.91 bits per heavy atom. The van der Waals surface area contributed by atoms with Crippen molar-refractivity contribution < 1.29 is 0 Å². The first-order chi connectivity index (χ1) is 5.25. The molecule has 1 saturated heterocycles. The van der Waals surface area contributed by atoms with E-state index < -0.39 is 0 Å². The van der Waals surface area contributed by atoms with Crippen molar-refractivity contribution in [3.8, 4) is 0 Å². The Balaban J connectivity index is 1.97. The molecule has 0 aromatic heterocycles. The molecule has 11 heavy (non-hydrogen) atoms. The molecule has 0 bridgehead atoms. The molecule has 2 rings (SSSR count). The molecule has 0 aromatic carbocycles. The second kappa shape index (κ2) is 2.78. The minimum Gasteiger partial charge on any atom is -0.306 e. The number of hydrogen-bond acceptors (Lipinski definition) is 1. The van der Waals surface area contributed by atoms with Crippen molar-refractivity contribution in [3.63, 3.8) is 0 Å². The molecule has 2 fully saturated rings. The van der Waals surface area contributed by atoms with Crippen molar-refractivity contribution in [2.75, 3.05) is 20.1 Å². The number of hydrogen-bond donors (Lipinski definition) is 0. The maximum atomic E-state index is 2.50. The quantitative estimate of drug-likeness (QED) is 0.514. The largest absolute Gasteiger partial charge is 0.306 e. The van der Waals surface area contributed by atoms with E-state index in [0.29, 0.717) is 0 Å². The number of nitrogens with zero attached hydrogens (tertiary/aromatic N) is 1. The minimum atomic E-state index is 1.01. The van der Waals surface area contributed by atoms with Crippen LogP contribution in [0.2, 0.25) is 0 Å². The SMILES string of the molecule is C[C@H]1CC2CCN(C)CC2C1. The van der Waals surface area contributed by atoms with E-state index in [4.69, 9.17) is 0 Å². The number of piperidine rings is 1. The summed E-state index contributed by atoms with van der Waals surface area (Å²) in [5, 5.41) is 0. The van der Waals surface area contributed by atoms with Gasteiger partial charge >= 0.3 is 0 Å². The molecule has 0 N–H and O–H groups in total. The summed E-state index contributed by atoms with van der Waals surface area (Å²) in [6, 6.07) is 0. The molecule has 1 heterocycles. The van der Waals surface area contributed by atoms with Crippen molar-refractivity contribution in [1.29, 1.82) is 0 Å². The lowest BCUT2D eigenvalue weighted by Gasteiger charge is -2.32. The van der Waals surface area contributed by atoms with Crippen molar-refractivity contribution in [1.82, 2.24) is 4.90 Å². The number of rotatable bonds is 0. The fourth-order valence-corrected chi connectivity index (χ4v) is 2.97. The molecule has 1 nitrogen and oxygen atoms in total. The van der Waals surface area contributed by atoms with Gasteiger partial charge in [-0.1, -0.05) is 6.92 Å². The minimum absolute atomic E-state index is 1.01. The molecule has 2 aliphatic rings. The molecule has 0 radical (unpaired) electrons. The normalized spacial score (nSPS) is 45.8. The highest BCUT2D eigenvalue weighted by atomic mass is 15.1. The van der Waals surface area contributed by atoms with Crippen molar-refractivity contribution in [2.24, 2.45) is 17.8 Å². The second-order valence-electron chi connectivity index (χ2n) is 4.65. The maximum Gasteiger partial charge on any atom is 0.000937 e. The third kappa shape index (κ3) is 1.44. The van der Waals surface area contributed by atoms with E-state index in [1.54, 1.807) is 0 Å². The van der Waals surface area contributed by atoms with E-state index in [1.165, 1.54) is 32.4 Å². The zero-order chi connectivity index (χ0) is 7.84. The first-order valence-electron chi connectivity index (χ1n) is 4.94. The molecular formula is C10H19N. The van der Waals surface area contributed by atoms with Crippen molar-refractivity contribution in [2.45, 2.75) is 26.2 Å². The average Bonchev–Trinajstić information content (AvgIpc) is 2.27. The molecule has 0 aromatic rings. The van der Waals surface area contributed by atoms with Crippen LogP contribution in [-0.4, -0.2) is 25.0 Å². The van der Waals surface area contributed by atoms with Gasteiger partial charge in [-0.3, -0.25) is 0 Å². The van der Waals surface area contributed by atoms with Gasteiger partial charge in [0.1, 0.15) is 0 Å². The van der Waals surface area contributed by atoms with Crippen LogP contribution in [-0.2, 0) is 0 Å². The van der Waals surface area contributed by atoms with Crippen LogP contribution in [0, 0.1) is 17.8 Å². The second-order valence-corrected chi connectivity index (χ2v) is 4.65. The first kappa shape index (κ1) is 7.60. The van der Waals surface area contributed by atoms with Gasteiger partial charge in [-0.15, -0.1) is 0 Å². The Labute approximate surface area is 69.8 Å². The molecule has 3 atom stereocenters. The van der Waals surface area contributed by atoms with Crippen LogP contribution in [0.25, 0.3) is 0 Å². The van der Waals surface area contributed by atoms with E-state index in [-0.39, 0.29) is 0 Å². The van der Waals surface area contributed by atoms with E-state index in [9.17, 15) is 0 Å². The standard InChI is InChI=1S/C10H19N/c1-8-5-9-3-4-11(2)7-10(9)6-8/h8-10H,3-7H2,1-2H3/t8-,9?,10?/m0/s1. The molecule has 1 aliphatic heterocycles. The topological polar surface area (TPSA) is 3.24 Å². The Kier molecular flexibility index (Phi) is 1.92. The monoisotopic (exact) mass is 153 g/mol. The average molecular weight is 153 g/mol. The van der Waals surface area contributed by atoms with E-state index in [2.05, 4.69) is 18.9 Å². The highest BCUT2D eigenvalue weighted by Crippen LogP contribution is 2.40. The summed E-state index contributed by atoms with van der Waals surface area (Å²) in [5.74, 6) is 3.14. The van der Waals surface area contributed by atoms with Crippen LogP contribution in [0.15, 0.2) is 0 Å². The van der Waals surface area contributed by atoms with Crippen molar-refractivity contribution in [3.05, 3.63) is 0 Å². The van der Waals surface area contributed by atoms with Crippen LogP contribution in [0.4, 0.5) is 0 Å². The number of likely N-dealkylation sites (tertiary alicyclic amines) is 1. The third-order valence-electron chi connectivity index (χ3n) is 3.50. The summed E-state index contributed by atoms with van der Waals surface area (Å²) >= 11 is 0. The zero-order valence-corrected chi connectivity index (χ0v) is 7.71. The maximum absolute atomic E-state index is 2.50. The van der Waals surface area contributed by atoms with Gasteiger partial charge in [0.25, 0.3) is 0 Å². The predicted molar refractivity (Wildman–Crippen MR) is 47.5 cm³/mol. The number of fused-ring (bicyclic) bond motifs is 1. The van der Waals surface area contributed by atoms with Gasteiger partial charge in [-0.05, 0) is 50.6 Å². The fraction of sp³-hybridized carbons (Fsp3) is 1.00. The first-order valence-corrected chi connectivity index (χ1v) is 4.94. The smallest absolute Gasteiger partial charge is 0.000937 e. The van der Waals surface area contributed by atoms with Crippen molar-refractivity contribution >= 4 is 0 Å². The predicted octanol–water partition coefficient (Wildman–Crippen LogP) is 1.98. The molecule has 2 unspecified atom stereocenters.